The maximum atomic E-state index is 5.99. The zero-order valence-electron chi connectivity index (χ0n) is 10.4. The van der Waals surface area contributed by atoms with E-state index in [-0.39, 0.29) is 0 Å². The zero-order chi connectivity index (χ0) is 13.3. The van der Waals surface area contributed by atoms with Crippen molar-refractivity contribution in [3.8, 4) is 22.6 Å². The van der Waals surface area contributed by atoms with Gasteiger partial charge in [-0.15, -0.1) is 0 Å². The van der Waals surface area contributed by atoms with Gasteiger partial charge in [0.15, 0.2) is 11.5 Å². The lowest BCUT2D eigenvalue weighted by Gasteiger charge is -2.13. The number of aryl methyl sites for hydroxylation is 1. The summed E-state index contributed by atoms with van der Waals surface area (Å²) in [6, 6.07) is 3.77. The number of aromatic nitrogens is 2. The average molecular weight is 312 g/mol. The summed E-state index contributed by atoms with van der Waals surface area (Å²) in [6.07, 6.45) is 1.71. The Bertz CT molecular complexity index is 581. The summed E-state index contributed by atoms with van der Waals surface area (Å²) in [5.41, 5.74) is 7.64. The van der Waals surface area contributed by atoms with E-state index in [1.165, 1.54) is 0 Å². The van der Waals surface area contributed by atoms with Crippen molar-refractivity contribution in [1.82, 2.24) is 9.78 Å². The summed E-state index contributed by atoms with van der Waals surface area (Å²) in [6.45, 7) is 0. The minimum atomic E-state index is 0.577. The molecule has 0 unspecified atom stereocenters. The van der Waals surface area contributed by atoms with Gasteiger partial charge in [0.1, 0.15) is 5.82 Å². The number of ether oxygens (including phenoxy) is 2. The van der Waals surface area contributed by atoms with E-state index in [1.54, 1.807) is 32.1 Å². The highest BCUT2D eigenvalue weighted by molar-refractivity contribution is 9.10. The van der Waals surface area contributed by atoms with E-state index < -0.39 is 0 Å². The second kappa shape index (κ2) is 4.89. The molecule has 1 heterocycles. The topological polar surface area (TPSA) is 62.3 Å². The number of hydrogen-bond donors (Lipinski definition) is 1. The molecule has 0 spiro atoms. The smallest absolute Gasteiger partial charge is 0.168 e. The lowest BCUT2D eigenvalue weighted by molar-refractivity contribution is 0.356. The average Bonchev–Trinajstić information content (AvgIpc) is 2.69. The van der Waals surface area contributed by atoms with Crippen LogP contribution < -0.4 is 15.2 Å². The number of anilines is 1. The Morgan fingerprint density at radius 1 is 1.22 bits per heavy atom. The van der Waals surface area contributed by atoms with Crippen molar-refractivity contribution in [2.75, 3.05) is 20.0 Å². The monoisotopic (exact) mass is 311 g/mol. The molecular formula is C12H14BrN3O2. The largest absolute Gasteiger partial charge is 0.493 e. The van der Waals surface area contributed by atoms with E-state index in [2.05, 4.69) is 21.0 Å². The summed E-state index contributed by atoms with van der Waals surface area (Å²) in [5, 5.41) is 4.13. The lowest BCUT2D eigenvalue weighted by Crippen LogP contribution is -1.99. The van der Waals surface area contributed by atoms with Crippen molar-refractivity contribution in [1.29, 1.82) is 0 Å². The molecule has 0 aliphatic heterocycles. The van der Waals surface area contributed by atoms with Gasteiger partial charge < -0.3 is 15.2 Å². The van der Waals surface area contributed by atoms with E-state index in [0.717, 1.165) is 15.6 Å². The van der Waals surface area contributed by atoms with Crippen LogP contribution in [-0.2, 0) is 7.05 Å². The van der Waals surface area contributed by atoms with Gasteiger partial charge >= 0.3 is 0 Å². The summed E-state index contributed by atoms with van der Waals surface area (Å²) in [4.78, 5) is 0. The minimum Gasteiger partial charge on any atom is -0.493 e. The first kappa shape index (κ1) is 12.8. The van der Waals surface area contributed by atoms with Gasteiger partial charge in [0, 0.05) is 22.6 Å². The Morgan fingerprint density at radius 2 is 1.94 bits per heavy atom. The molecule has 2 rings (SSSR count). The van der Waals surface area contributed by atoms with Crippen LogP contribution >= 0.6 is 15.9 Å². The number of hydrogen-bond acceptors (Lipinski definition) is 4. The first-order valence-corrected chi connectivity index (χ1v) is 6.07. The fourth-order valence-electron chi connectivity index (χ4n) is 1.79. The Kier molecular flexibility index (Phi) is 3.47. The van der Waals surface area contributed by atoms with Crippen LogP contribution in [0.5, 0.6) is 11.5 Å². The van der Waals surface area contributed by atoms with Crippen LogP contribution in [0.4, 0.5) is 5.82 Å². The van der Waals surface area contributed by atoms with Gasteiger partial charge in [-0.05, 0) is 12.1 Å². The van der Waals surface area contributed by atoms with Gasteiger partial charge in [-0.1, -0.05) is 15.9 Å². The number of nitrogens with two attached hydrogens (primary N) is 1. The molecular weight excluding hydrogens is 298 g/mol. The van der Waals surface area contributed by atoms with Gasteiger partial charge in [0.2, 0.25) is 0 Å². The molecule has 0 amide bonds. The Balaban J connectivity index is 2.70. The van der Waals surface area contributed by atoms with Gasteiger partial charge in [0.25, 0.3) is 0 Å². The van der Waals surface area contributed by atoms with Crippen LogP contribution in [0.1, 0.15) is 0 Å². The number of rotatable bonds is 3. The molecule has 18 heavy (non-hydrogen) atoms. The summed E-state index contributed by atoms with van der Waals surface area (Å²) >= 11 is 3.44. The Hall–Kier alpha value is -1.69. The first-order chi connectivity index (χ1) is 8.58. The van der Waals surface area contributed by atoms with E-state index in [1.807, 2.05) is 12.1 Å². The molecule has 96 valence electrons. The third-order valence-corrected chi connectivity index (χ3v) is 3.18. The number of methoxy groups -OCH3 is 2. The SMILES string of the molecule is COc1cc(Br)cc(-c2cnn(C)c2N)c1OC. The van der Waals surface area contributed by atoms with Crippen LogP contribution in [0.15, 0.2) is 22.8 Å². The molecule has 1 aromatic heterocycles. The minimum absolute atomic E-state index is 0.577. The van der Waals surface area contributed by atoms with Crippen molar-refractivity contribution < 1.29 is 9.47 Å². The quantitative estimate of drug-likeness (QED) is 0.945. The summed E-state index contributed by atoms with van der Waals surface area (Å²) < 4.78 is 13.2. The van der Waals surface area contributed by atoms with Crippen molar-refractivity contribution >= 4 is 21.7 Å². The number of nitrogen functional groups attached to an aromatic ring is 1. The number of benzene rings is 1. The van der Waals surface area contributed by atoms with Gasteiger partial charge in [0.05, 0.1) is 20.4 Å². The Labute approximate surface area is 114 Å². The molecule has 0 radical (unpaired) electrons. The molecule has 5 nitrogen and oxygen atoms in total. The fraction of sp³-hybridized carbons (Fsp3) is 0.250. The maximum Gasteiger partial charge on any atom is 0.168 e. The van der Waals surface area contributed by atoms with Crippen LogP contribution in [0.3, 0.4) is 0 Å². The first-order valence-electron chi connectivity index (χ1n) is 5.27. The standard InChI is InChI=1S/C12H14BrN3O2/c1-16-12(14)9(6-15-16)8-4-7(13)5-10(17-2)11(8)18-3/h4-6H,14H2,1-3H3. The highest BCUT2D eigenvalue weighted by Crippen LogP contribution is 2.42. The zero-order valence-corrected chi connectivity index (χ0v) is 12.0. The molecule has 0 bridgehead atoms. The number of halogens is 1. The molecule has 0 saturated carbocycles. The highest BCUT2D eigenvalue weighted by atomic mass is 79.9. The molecule has 1 aromatic carbocycles. The molecule has 0 fully saturated rings. The van der Waals surface area contributed by atoms with Crippen LogP contribution in [0.25, 0.3) is 11.1 Å². The van der Waals surface area contributed by atoms with Crippen molar-refractivity contribution in [2.24, 2.45) is 7.05 Å². The van der Waals surface area contributed by atoms with Crippen molar-refractivity contribution in [3.63, 3.8) is 0 Å². The predicted octanol–water partition coefficient (Wildman–Crippen LogP) is 2.45. The summed E-state index contributed by atoms with van der Waals surface area (Å²) in [7, 11) is 4.99. The normalized spacial score (nSPS) is 10.4. The molecule has 6 heteroatoms. The fourth-order valence-corrected chi connectivity index (χ4v) is 2.22. The van der Waals surface area contributed by atoms with E-state index >= 15 is 0 Å². The van der Waals surface area contributed by atoms with E-state index in [0.29, 0.717) is 17.3 Å². The third kappa shape index (κ3) is 2.03. The van der Waals surface area contributed by atoms with E-state index in [4.69, 9.17) is 15.2 Å². The van der Waals surface area contributed by atoms with Gasteiger partial charge in [-0.25, -0.2) is 0 Å². The Morgan fingerprint density at radius 3 is 2.44 bits per heavy atom. The molecule has 0 aliphatic rings. The molecule has 2 aromatic rings. The maximum absolute atomic E-state index is 5.99. The van der Waals surface area contributed by atoms with Crippen LogP contribution in [0.2, 0.25) is 0 Å². The van der Waals surface area contributed by atoms with E-state index in [9.17, 15) is 0 Å². The number of nitrogens with zero attached hydrogens (tertiary/aromatic N) is 2. The third-order valence-electron chi connectivity index (χ3n) is 2.72. The predicted molar refractivity (Wildman–Crippen MR) is 73.9 cm³/mol. The van der Waals surface area contributed by atoms with Crippen LogP contribution in [0, 0.1) is 0 Å². The van der Waals surface area contributed by atoms with Gasteiger partial charge in [-0.2, -0.15) is 5.10 Å². The molecule has 2 N–H and O–H groups in total. The highest BCUT2D eigenvalue weighted by Gasteiger charge is 2.17. The van der Waals surface area contributed by atoms with Crippen molar-refractivity contribution in [2.45, 2.75) is 0 Å². The lowest BCUT2D eigenvalue weighted by atomic mass is 10.1. The molecule has 0 saturated heterocycles. The summed E-state index contributed by atoms with van der Waals surface area (Å²) in [5.74, 6) is 1.86. The second-order valence-electron chi connectivity index (χ2n) is 3.76. The van der Waals surface area contributed by atoms with Gasteiger partial charge in [-0.3, -0.25) is 4.68 Å². The van der Waals surface area contributed by atoms with Crippen LogP contribution in [-0.4, -0.2) is 24.0 Å². The van der Waals surface area contributed by atoms with Crippen molar-refractivity contribution in [3.05, 3.63) is 22.8 Å². The molecule has 0 aliphatic carbocycles. The second-order valence-corrected chi connectivity index (χ2v) is 4.67. The molecule has 0 atom stereocenters.